The monoisotopic (exact) mass is 222 g/mol. The van der Waals surface area contributed by atoms with Crippen molar-refractivity contribution in [1.29, 1.82) is 0 Å². The molecule has 1 aromatic carbocycles. The number of carbonyl (C=O) groups is 1. The summed E-state index contributed by atoms with van der Waals surface area (Å²) < 4.78 is 0. The highest BCUT2D eigenvalue weighted by Gasteiger charge is 2.50. The number of non-ortho nitro benzene ring substituents is 1. The third kappa shape index (κ3) is 1.35. The van der Waals surface area contributed by atoms with Gasteiger partial charge in [0.15, 0.2) is 5.60 Å². The van der Waals surface area contributed by atoms with E-state index in [1.165, 1.54) is 31.3 Å². The molecule has 1 saturated heterocycles. The van der Waals surface area contributed by atoms with Crippen LogP contribution in [0.25, 0.3) is 0 Å². The zero-order chi connectivity index (χ0) is 11.9. The molecule has 1 fully saturated rings. The van der Waals surface area contributed by atoms with Gasteiger partial charge in [-0.2, -0.15) is 0 Å². The Balaban J connectivity index is 2.29. The molecule has 1 aliphatic rings. The van der Waals surface area contributed by atoms with Crippen LogP contribution in [0.15, 0.2) is 24.3 Å². The van der Waals surface area contributed by atoms with Crippen LogP contribution in [-0.4, -0.2) is 22.9 Å². The van der Waals surface area contributed by atoms with Crippen molar-refractivity contribution in [1.82, 2.24) is 5.06 Å². The van der Waals surface area contributed by atoms with Gasteiger partial charge in [0.05, 0.1) is 4.92 Å². The molecule has 1 heterocycles. The van der Waals surface area contributed by atoms with E-state index in [1.807, 2.05) is 0 Å². The van der Waals surface area contributed by atoms with E-state index in [1.54, 1.807) is 6.92 Å². The first-order valence-electron chi connectivity index (χ1n) is 4.67. The summed E-state index contributed by atoms with van der Waals surface area (Å²) in [6.07, 6.45) is 0. The molecule has 16 heavy (non-hydrogen) atoms. The Labute approximate surface area is 91.5 Å². The number of amides is 1. The minimum atomic E-state index is -1.01. The van der Waals surface area contributed by atoms with E-state index in [2.05, 4.69) is 0 Å². The van der Waals surface area contributed by atoms with Gasteiger partial charge in [-0.05, 0) is 24.6 Å². The third-order valence-corrected chi connectivity index (χ3v) is 2.64. The summed E-state index contributed by atoms with van der Waals surface area (Å²) in [5, 5.41) is 11.6. The molecule has 0 N–H and O–H groups in total. The smallest absolute Gasteiger partial charge is 0.269 e. The minimum Gasteiger partial charge on any atom is -0.269 e. The fourth-order valence-corrected chi connectivity index (χ4v) is 1.69. The minimum absolute atomic E-state index is 0.00697. The molecule has 1 unspecified atom stereocenters. The summed E-state index contributed by atoms with van der Waals surface area (Å²) in [4.78, 5) is 26.8. The zero-order valence-corrected chi connectivity index (χ0v) is 8.84. The van der Waals surface area contributed by atoms with Crippen LogP contribution in [0.1, 0.15) is 12.5 Å². The lowest BCUT2D eigenvalue weighted by Gasteiger charge is -2.43. The number of benzene rings is 1. The largest absolute Gasteiger partial charge is 0.285 e. The highest BCUT2D eigenvalue weighted by atomic mass is 16.7. The molecule has 1 amide bonds. The SMILES string of the molecule is CN1OC(C)(c2ccc([N+](=O)[O-])cc2)C1=O. The van der Waals surface area contributed by atoms with Gasteiger partial charge in [0.2, 0.25) is 0 Å². The van der Waals surface area contributed by atoms with Crippen LogP contribution < -0.4 is 0 Å². The van der Waals surface area contributed by atoms with Crippen molar-refractivity contribution in [2.24, 2.45) is 0 Å². The maximum absolute atomic E-state index is 11.6. The van der Waals surface area contributed by atoms with Crippen LogP contribution in [0.4, 0.5) is 5.69 Å². The quantitative estimate of drug-likeness (QED) is 0.557. The first kappa shape index (κ1) is 10.6. The Kier molecular flexibility index (Phi) is 2.16. The van der Waals surface area contributed by atoms with E-state index >= 15 is 0 Å². The van der Waals surface area contributed by atoms with Gasteiger partial charge in [-0.25, -0.2) is 9.90 Å². The zero-order valence-electron chi connectivity index (χ0n) is 8.84. The number of nitro groups is 1. The maximum Gasteiger partial charge on any atom is 0.285 e. The number of hydrogen-bond donors (Lipinski definition) is 0. The molecule has 0 aliphatic carbocycles. The summed E-state index contributed by atoms with van der Waals surface area (Å²) in [5.41, 5.74) is -0.405. The molecule has 1 atom stereocenters. The standard InChI is InChI=1S/C10H10N2O4/c1-10(9(13)11(2)16-10)7-3-5-8(6-4-7)12(14)15/h3-6H,1-2H3. The van der Waals surface area contributed by atoms with Crippen LogP contribution in [0, 0.1) is 10.1 Å². The highest BCUT2D eigenvalue weighted by Crippen LogP contribution is 2.36. The number of likely N-dealkylation sites (N-methyl/N-ethyl adjacent to an activating group) is 1. The first-order valence-corrected chi connectivity index (χ1v) is 4.67. The Morgan fingerprint density at radius 1 is 1.38 bits per heavy atom. The summed E-state index contributed by atoms with van der Waals surface area (Å²) in [7, 11) is 1.52. The average molecular weight is 222 g/mol. The Morgan fingerprint density at radius 2 is 1.94 bits per heavy atom. The Morgan fingerprint density at radius 3 is 2.31 bits per heavy atom. The normalized spacial score (nSPS) is 24.1. The van der Waals surface area contributed by atoms with E-state index < -0.39 is 10.5 Å². The summed E-state index contributed by atoms with van der Waals surface area (Å²) in [6.45, 7) is 1.64. The van der Waals surface area contributed by atoms with Crippen LogP contribution in [0.3, 0.4) is 0 Å². The number of rotatable bonds is 2. The van der Waals surface area contributed by atoms with Crippen molar-refractivity contribution >= 4 is 11.6 Å². The second kappa shape index (κ2) is 3.28. The second-order valence-corrected chi connectivity index (χ2v) is 3.73. The highest BCUT2D eigenvalue weighted by molar-refractivity contribution is 5.89. The lowest BCUT2D eigenvalue weighted by Crippen LogP contribution is -2.58. The van der Waals surface area contributed by atoms with Gasteiger partial charge in [0.25, 0.3) is 11.6 Å². The number of hydroxylamine groups is 2. The molecular formula is C10H10N2O4. The maximum atomic E-state index is 11.6. The Bertz CT molecular complexity index is 456. The molecule has 1 aliphatic heterocycles. The van der Waals surface area contributed by atoms with Gasteiger partial charge in [-0.3, -0.25) is 14.9 Å². The van der Waals surface area contributed by atoms with Crippen LogP contribution in [0.5, 0.6) is 0 Å². The molecule has 84 valence electrons. The van der Waals surface area contributed by atoms with Gasteiger partial charge in [0.1, 0.15) is 0 Å². The molecule has 6 heteroatoms. The molecule has 0 spiro atoms. The number of nitrogens with zero attached hydrogens (tertiary/aromatic N) is 2. The average Bonchev–Trinajstić information content (AvgIpc) is 2.28. The molecule has 0 bridgehead atoms. The van der Waals surface area contributed by atoms with Gasteiger partial charge < -0.3 is 0 Å². The van der Waals surface area contributed by atoms with Crippen molar-refractivity contribution < 1.29 is 14.6 Å². The van der Waals surface area contributed by atoms with Crippen LogP contribution in [-0.2, 0) is 15.2 Å². The number of nitro benzene ring substituents is 1. The molecule has 0 radical (unpaired) electrons. The van der Waals surface area contributed by atoms with E-state index in [4.69, 9.17) is 4.84 Å². The van der Waals surface area contributed by atoms with Gasteiger partial charge in [0, 0.05) is 19.2 Å². The molecular weight excluding hydrogens is 212 g/mol. The van der Waals surface area contributed by atoms with E-state index in [9.17, 15) is 14.9 Å². The molecule has 1 aromatic rings. The van der Waals surface area contributed by atoms with Crippen molar-refractivity contribution in [2.75, 3.05) is 7.05 Å². The molecule has 6 nitrogen and oxygen atoms in total. The predicted octanol–water partition coefficient (Wildman–Crippen LogP) is 1.21. The second-order valence-electron chi connectivity index (χ2n) is 3.73. The van der Waals surface area contributed by atoms with Crippen LogP contribution >= 0.6 is 0 Å². The number of carbonyl (C=O) groups excluding carboxylic acids is 1. The fourth-order valence-electron chi connectivity index (χ4n) is 1.69. The van der Waals surface area contributed by atoms with E-state index in [-0.39, 0.29) is 11.6 Å². The topological polar surface area (TPSA) is 72.7 Å². The van der Waals surface area contributed by atoms with Crippen molar-refractivity contribution in [3.8, 4) is 0 Å². The molecule has 2 rings (SSSR count). The third-order valence-electron chi connectivity index (χ3n) is 2.64. The van der Waals surface area contributed by atoms with E-state index in [0.717, 1.165) is 5.06 Å². The van der Waals surface area contributed by atoms with Gasteiger partial charge in [-0.1, -0.05) is 0 Å². The lowest BCUT2D eigenvalue weighted by atomic mass is 9.92. The van der Waals surface area contributed by atoms with Gasteiger partial charge >= 0.3 is 0 Å². The predicted molar refractivity (Wildman–Crippen MR) is 54.3 cm³/mol. The fraction of sp³-hybridized carbons (Fsp3) is 0.300. The molecule has 0 saturated carbocycles. The summed E-state index contributed by atoms with van der Waals surface area (Å²) >= 11 is 0. The lowest BCUT2D eigenvalue weighted by molar-refractivity contribution is -0.384. The molecule has 0 aromatic heterocycles. The van der Waals surface area contributed by atoms with Crippen LogP contribution in [0.2, 0.25) is 0 Å². The van der Waals surface area contributed by atoms with Crippen molar-refractivity contribution in [3.63, 3.8) is 0 Å². The Hall–Kier alpha value is -1.95. The van der Waals surface area contributed by atoms with Crippen molar-refractivity contribution in [2.45, 2.75) is 12.5 Å². The number of hydrogen-bond acceptors (Lipinski definition) is 4. The van der Waals surface area contributed by atoms with E-state index in [0.29, 0.717) is 5.56 Å². The summed E-state index contributed by atoms with van der Waals surface area (Å²) in [5.74, 6) is -0.165. The van der Waals surface area contributed by atoms with Crippen molar-refractivity contribution in [3.05, 3.63) is 39.9 Å². The summed E-state index contributed by atoms with van der Waals surface area (Å²) in [6, 6.07) is 5.77. The van der Waals surface area contributed by atoms with Gasteiger partial charge in [-0.15, -0.1) is 0 Å². The first-order chi connectivity index (χ1) is 7.45.